The summed E-state index contributed by atoms with van der Waals surface area (Å²) in [6.45, 7) is 4.06. The van der Waals surface area contributed by atoms with Gasteiger partial charge in [0.05, 0.1) is 17.2 Å². The number of ether oxygens (including phenoxy) is 1. The number of nitrogens with one attached hydrogen (secondary N) is 1. The molecule has 4 rings (SSSR count). The average molecular weight is 652 g/mol. The topological polar surface area (TPSA) is 96.0 Å². The predicted molar refractivity (Wildman–Crippen MR) is 181 cm³/mol. The van der Waals surface area contributed by atoms with Gasteiger partial charge in [-0.15, -0.1) is 11.8 Å². The van der Waals surface area contributed by atoms with Crippen LogP contribution in [0.15, 0.2) is 88.7 Å². The minimum absolute atomic E-state index is 0.0832. The summed E-state index contributed by atoms with van der Waals surface area (Å²) in [6.07, 6.45) is 8.04. The molecule has 0 bridgehead atoms. The molecule has 8 nitrogen and oxygen atoms in total. The number of rotatable bonds is 15. The Hall–Kier alpha value is -3.50. The Morgan fingerprint density at radius 2 is 1.60 bits per heavy atom. The number of hydrogen-bond acceptors (Lipinski definition) is 6. The third kappa shape index (κ3) is 9.26. The monoisotopic (exact) mass is 651 g/mol. The van der Waals surface area contributed by atoms with Gasteiger partial charge in [0.15, 0.2) is 0 Å². The molecule has 0 aromatic heterocycles. The molecule has 1 fully saturated rings. The molecule has 242 valence electrons. The molecule has 0 heterocycles. The van der Waals surface area contributed by atoms with E-state index in [0.29, 0.717) is 30.9 Å². The second-order valence-electron chi connectivity index (χ2n) is 11.2. The van der Waals surface area contributed by atoms with Crippen LogP contribution in [-0.2, 0) is 26.0 Å². The predicted octanol–water partition coefficient (Wildman–Crippen LogP) is 6.30. The van der Waals surface area contributed by atoms with Crippen LogP contribution in [0.25, 0.3) is 0 Å². The van der Waals surface area contributed by atoms with Crippen molar-refractivity contribution in [1.82, 2.24) is 10.2 Å². The number of carbonyl (C=O) groups excluding carboxylic acids is 2. The van der Waals surface area contributed by atoms with Crippen LogP contribution in [0.5, 0.6) is 5.75 Å². The molecule has 0 spiro atoms. The Labute approximate surface area is 272 Å². The molecule has 45 heavy (non-hydrogen) atoms. The zero-order valence-corrected chi connectivity index (χ0v) is 28.1. The third-order valence-corrected chi connectivity index (χ3v) is 10.7. The van der Waals surface area contributed by atoms with Gasteiger partial charge in [-0.1, -0.05) is 56.5 Å². The van der Waals surface area contributed by atoms with Crippen LogP contribution in [0.4, 0.5) is 5.69 Å². The molecule has 1 N–H and O–H groups in total. The molecule has 0 unspecified atom stereocenters. The molecule has 1 atom stereocenters. The maximum atomic E-state index is 14.3. The number of thioether (sulfide) groups is 1. The van der Waals surface area contributed by atoms with E-state index in [4.69, 9.17) is 4.74 Å². The summed E-state index contributed by atoms with van der Waals surface area (Å²) >= 11 is 1.52. The van der Waals surface area contributed by atoms with E-state index in [0.717, 1.165) is 40.4 Å². The lowest BCUT2D eigenvalue weighted by atomic mass is 9.95. The molecule has 0 saturated heterocycles. The quantitative estimate of drug-likeness (QED) is 0.194. The van der Waals surface area contributed by atoms with E-state index in [1.165, 1.54) is 18.2 Å². The molecule has 3 aromatic carbocycles. The van der Waals surface area contributed by atoms with Crippen molar-refractivity contribution in [2.24, 2.45) is 0 Å². The fourth-order valence-corrected chi connectivity index (χ4v) is 7.54. The van der Waals surface area contributed by atoms with Gasteiger partial charge in [0.1, 0.15) is 18.3 Å². The number of anilines is 1. The third-order valence-electron chi connectivity index (χ3n) is 8.18. The van der Waals surface area contributed by atoms with Crippen LogP contribution in [0, 0.1) is 0 Å². The van der Waals surface area contributed by atoms with Crippen molar-refractivity contribution in [3.05, 3.63) is 84.4 Å². The van der Waals surface area contributed by atoms with Crippen molar-refractivity contribution in [3.63, 3.8) is 0 Å². The standard InChI is InChI=1S/C35H45N3O5S2/c1-4-33(35(40)36-28-14-10-7-11-15-28)37(25-24-27-12-8-6-9-13-27)34(39)26-38(29-16-18-30(19-17-29)43-5-2)45(41,42)32-22-20-31(44-3)21-23-32/h6,8-9,12-13,16-23,28,33H,4-5,7,10-11,14-15,24-26H2,1-3H3,(H,36,40)/t33-/m1/s1. The number of nitrogens with zero attached hydrogens (tertiary/aromatic N) is 2. The molecular weight excluding hydrogens is 607 g/mol. The Morgan fingerprint density at radius 1 is 0.933 bits per heavy atom. The molecule has 2 amide bonds. The summed E-state index contributed by atoms with van der Waals surface area (Å²) in [5.41, 5.74) is 1.37. The van der Waals surface area contributed by atoms with Gasteiger partial charge >= 0.3 is 0 Å². The number of amides is 2. The van der Waals surface area contributed by atoms with Gasteiger partial charge in [0.2, 0.25) is 11.8 Å². The van der Waals surface area contributed by atoms with Crippen LogP contribution in [0.3, 0.4) is 0 Å². The minimum Gasteiger partial charge on any atom is -0.494 e. The lowest BCUT2D eigenvalue weighted by Crippen LogP contribution is -2.54. The van der Waals surface area contributed by atoms with E-state index in [2.05, 4.69) is 5.32 Å². The van der Waals surface area contributed by atoms with E-state index >= 15 is 0 Å². The first kappa shape index (κ1) is 34.4. The molecule has 0 radical (unpaired) electrons. The van der Waals surface area contributed by atoms with Crippen molar-refractivity contribution < 1.29 is 22.7 Å². The van der Waals surface area contributed by atoms with Crippen molar-refractivity contribution in [3.8, 4) is 5.75 Å². The first-order chi connectivity index (χ1) is 21.8. The van der Waals surface area contributed by atoms with Crippen LogP contribution in [-0.4, -0.2) is 63.2 Å². The molecule has 3 aromatic rings. The van der Waals surface area contributed by atoms with Crippen molar-refractivity contribution >= 4 is 39.3 Å². The minimum atomic E-state index is -4.14. The zero-order valence-electron chi connectivity index (χ0n) is 26.5. The highest BCUT2D eigenvalue weighted by Gasteiger charge is 2.34. The zero-order chi connectivity index (χ0) is 32.2. The summed E-state index contributed by atoms with van der Waals surface area (Å²) in [7, 11) is -4.14. The van der Waals surface area contributed by atoms with Gasteiger partial charge in [-0.3, -0.25) is 13.9 Å². The lowest BCUT2D eigenvalue weighted by Gasteiger charge is -2.34. The lowest BCUT2D eigenvalue weighted by molar-refractivity contribution is -0.140. The van der Waals surface area contributed by atoms with E-state index in [-0.39, 0.29) is 23.4 Å². The highest BCUT2D eigenvalue weighted by molar-refractivity contribution is 7.98. The van der Waals surface area contributed by atoms with Gasteiger partial charge in [0, 0.05) is 17.5 Å². The van der Waals surface area contributed by atoms with Crippen LogP contribution in [0.1, 0.15) is 57.9 Å². The first-order valence-electron chi connectivity index (χ1n) is 15.8. The second-order valence-corrected chi connectivity index (χ2v) is 13.9. The summed E-state index contributed by atoms with van der Waals surface area (Å²) in [6, 6.07) is 22.5. The Morgan fingerprint density at radius 3 is 2.20 bits per heavy atom. The Bertz CT molecular complexity index is 1480. The van der Waals surface area contributed by atoms with Gasteiger partial charge < -0.3 is 15.0 Å². The second kappa shape index (κ2) is 16.7. The van der Waals surface area contributed by atoms with Gasteiger partial charge in [-0.2, -0.15) is 0 Å². The van der Waals surface area contributed by atoms with Gasteiger partial charge in [-0.25, -0.2) is 8.42 Å². The van der Waals surface area contributed by atoms with E-state index in [9.17, 15) is 18.0 Å². The maximum Gasteiger partial charge on any atom is 0.264 e. The molecule has 0 aliphatic heterocycles. The SMILES string of the molecule is CCOc1ccc(N(CC(=O)N(CCc2ccccc2)[C@H](CC)C(=O)NC2CCCCC2)S(=O)(=O)c2ccc(SC)cc2)cc1. The summed E-state index contributed by atoms with van der Waals surface area (Å²) in [5, 5.41) is 3.19. The number of benzene rings is 3. The molecule has 1 aliphatic rings. The van der Waals surface area contributed by atoms with Crippen molar-refractivity contribution in [2.75, 3.05) is 30.3 Å². The fourth-order valence-electron chi connectivity index (χ4n) is 5.72. The number of sulfonamides is 1. The van der Waals surface area contributed by atoms with E-state index in [1.807, 2.05) is 50.4 Å². The highest BCUT2D eigenvalue weighted by Crippen LogP contribution is 2.28. The molecule has 10 heteroatoms. The van der Waals surface area contributed by atoms with Crippen LogP contribution < -0.4 is 14.4 Å². The smallest absolute Gasteiger partial charge is 0.264 e. The first-order valence-corrected chi connectivity index (χ1v) is 18.5. The highest BCUT2D eigenvalue weighted by atomic mass is 32.2. The summed E-state index contributed by atoms with van der Waals surface area (Å²) in [5.74, 6) is -0.0205. The van der Waals surface area contributed by atoms with Gasteiger partial charge in [0.25, 0.3) is 10.0 Å². The largest absolute Gasteiger partial charge is 0.494 e. The maximum absolute atomic E-state index is 14.3. The van der Waals surface area contributed by atoms with Crippen LogP contribution >= 0.6 is 11.8 Å². The molecular formula is C35H45N3O5S2. The number of hydrogen-bond donors (Lipinski definition) is 1. The Kier molecular flexibility index (Phi) is 12.8. The fraction of sp³-hybridized carbons (Fsp3) is 0.429. The molecule has 1 aliphatic carbocycles. The van der Waals surface area contributed by atoms with Crippen molar-refractivity contribution in [1.29, 1.82) is 0 Å². The average Bonchev–Trinajstić information content (AvgIpc) is 3.06. The molecule has 1 saturated carbocycles. The van der Waals surface area contributed by atoms with E-state index < -0.39 is 28.5 Å². The van der Waals surface area contributed by atoms with Crippen LogP contribution in [0.2, 0.25) is 0 Å². The van der Waals surface area contributed by atoms with Gasteiger partial charge in [-0.05, 0) is 93.0 Å². The van der Waals surface area contributed by atoms with E-state index in [1.54, 1.807) is 53.4 Å². The number of carbonyl (C=O) groups is 2. The van der Waals surface area contributed by atoms with Crippen molar-refractivity contribution in [2.45, 2.75) is 80.7 Å². The summed E-state index contributed by atoms with van der Waals surface area (Å²) in [4.78, 5) is 30.6. The summed E-state index contributed by atoms with van der Waals surface area (Å²) < 4.78 is 35.0. The normalized spacial score (nSPS) is 14.4. The Balaban J connectivity index is 1.67.